The van der Waals surface area contributed by atoms with Crippen LogP contribution < -0.4 is 0 Å². The molecular formula is C18H19NO. The summed E-state index contributed by atoms with van der Waals surface area (Å²) in [6.45, 7) is 4.24. The second-order valence-corrected chi connectivity index (χ2v) is 5.49. The Morgan fingerprint density at radius 2 is 1.50 bits per heavy atom. The first kappa shape index (κ1) is 12.9. The Bertz CT molecular complexity index is 608. The van der Waals surface area contributed by atoms with Crippen molar-refractivity contribution < 1.29 is 4.79 Å². The van der Waals surface area contributed by atoms with Crippen LogP contribution in [0.5, 0.6) is 0 Å². The van der Waals surface area contributed by atoms with Gasteiger partial charge in [0.1, 0.15) is 0 Å². The number of carbonyl (C=O) groups is 1. The van der Waals surface area contributed by atoms with Gasteiger partial charge >= 0.3 is 0 Å². The molecule has 0 aliphatic carbocycles. The summed E-state index contributed by atoms with van der Waals surface area (Å²) in [6.07, 6.45) is 0.987. The quantitative estimate of drug-likeness (QED) is 0.757. The number of amides is 1. The normalized spacial score (nSPS) is 25.1. The van der Waals surface area contributed by atoms with Gasteiger partial charge in [-0.15, -0.1) is 0 Å². The second kappa shape index (κ2) is 5.12. The van der Waals surface area contributed by atoms with Crippen LogP contribution in [-0.2, 0) is 4.79 Å². The smallest absolute Gasteiger partial charge is 0.210 e. The molecular weight excluding hydrogens is 246 g/mol. The number of nitrogens with zero attached hydrogens (tertiary/aromatic N) is 1. The zero-order valence-electron chi connectivity index (χ0n) is 11.9. The monoisotopic (exact) mass is 265 g/mol. The molecule has 1 amide bonds. The van der Waals surface area contributed by atoms with Gasteiger partial charge in [0.25, 0.3) is 0 Å². The van der Waals surface area contributed by atoms with Crippen molar-refractivity contribution in [3.05, 3.63) is 71.3 Å². The van der Waals surface area contributed by atoms with Crippen molar-refractivity contribution in [2.45, 2.75) is 31.8 Å². The van der Waals surface area contributed by atoms with Crippen LogP contribution in [0.25, 0.3) is 0 Å². The van der Waals surface area contributed by atoms with Crippen molar-refractivity contribution >= 4 is 6.41 Å². The van der Waals surface area contributed by atoms with Crippen molar-refractivity contribution in [3.8, 4) is 0 Å². The largest absolute Gasteiger partial charge is 0.335 e. The average Bonchev–Trinajstić information content (AvgIpc) is 2.49. The van der Waals surface area contributed by atoms with E-state index in [2.05, 4.69) is 62.4 Å². The van der Waals surface area contributed by atoms with E-state index in [0.29, 0.717) is 0 Å². The molecule has 0 N–H and O–H groups in total. The molecule has 3 atom stereocenters. The summed E-state index contributed by atoms with van der Waals surface area (Å²) in [5.74, 6) is 0.244. The lowest BCUT2D eigenvalue weighted by Gasteiger charge is -2.43. The maximum Gasteiger partial charge on any atom is 0.210 e. The first-order valence-electron chi connectivity index (χ1n) is 7.10. The van der Waals surface area contributed by atoms with E-state index in [4.69, 9.17) is 0 Å². The molecule has 0 unspecified atom stereocenters. The molecule has 102 valence electrons. The molecule has 0 bridgehead atoms. The van der Waals surface area contributed by atoms with Gasteiger partial charge in [-0.2, -0.15) is 0 Å². The van der Waals surface area contributed by atoms with Crippen LogP contribution in [0.15, 0.2) is 54.6 Å². The SMILES string of the molecule is C[C@@H]1c2ccccc2[C@@H](c2ccccc2)[C@@H](C)N1C=O. The summed E-state index contributed by atoms with van der Waals surface area (Å²) in [6, 6.07) is 19.2. The van der Waals surface area contributed by atoms with E-state index >= 15 is 0 Å². The molecule has 2 aromatic rings. The fraction of sp³-hybridized carbons (Fsp3) is 0.278. The van der Waals surface area contributed by atoms with Crippen molar-refractivity contribution in [1.29, 1.82) is 0 Å². The summed E-state index contributed by atoms with van der Waals surface area (Å²) in [5.41, 5.74) is 3.87. The molecule has 0 saturated carbocycles. The summed E-state index contributed by atoms with van der Waals surface area (Å²) >= 11 is 0. The zero-order valence-corrected chi connectivity index (χ0v) is 11.9. The Balaban J connectivity index is 2.17. The minimum absolute atomic E-state index is 0.138. The summed E-state index contributed by atoms with van der Waals surface area (Å²) in [5, 5.41) is 0. The molecule has 0 fully saturated rings. The highest BCUT2D eigenvalue weighted by Crippen LogP contribution is 2.42. The van der Waals surface area contributed by atoms with Crippen LogP contribution in [0.3, 0.4) is 0 Å². The Hall–Kier alpha value is -2.09. The van der Waals surface area contributed by atoms with Crippen LogP contribution >= 0.6 is 0 Å². The molecule has 3 rings (SSSR count). The van der Waals surface area contributed by atoms with Crippen molar-refractivity contribution in [3.63, 3.8) is 0 Å². The van der Waals surface area contributed by atoms with E-state index in [-0.39, 0.29) is 18.0 Å². The van der Waals surface area contributed by atoms with E-state index in [9.17, 15) is 4.79 Å². The van der Waals surface area contributed by atoms with Gasteiger partial charge in [0.2, 0.25) is 6.41 Å². The molecule has 1 aliphatic rings. The Labute approximate surface area is 120 Å². The number of benzene rings is 2. The van der Waals surface area contributed by atoms with Crippen LogP contribution in [0, 0.1) is 0 Å². The molecule has 0 aromatic heterocycles. The van der Waals surface area contributed by atoms with Crippen LogP contribution in [-0.4, -0.2) is 17.4 Å². The topological polar surface area (TPSA) is 20.3 Å². The van der Waals surface area contributed by atoms with Crippen molar-refractivity contribution in [2.24, 2.45) is 0 Å². The minimum Gasteiger partial charge on any atom is -0.335 e. The highest BCUT2D eigenvalue weighted by atomic mass is 16.1. The van der Waals surface area contributed by atoms with Gasteiger partial charge in [-0.3, -0.25) is 4.79 Å². The lowest BCUT2D eigenvalue weighted by Crippen LogP contribution is -2.43. The second-order valence-electron chi connectivity index (χ2n) is 5.49. The fourth-order valence-corrected chi connectivity index (χ4v) is 3.43. The van der Waals surface area contributed by atoms with E-state index < -0.39 is 0 Å². The van der Waals surface area contributed by atoms with Gasteiger partial charge in [-0.25, -0.2) is 0 Å². The number of hydrogen-bond acceptors (Lipinski definition) is 1. The van der Waals surface area contributed by atoms with Crippen LogP contribution in [0.4, 0.5) is 0 Å². The van der Waals surface area contributed by atoms with E-state index in [0.717, 1.165) is 6.41 Å². The average molecular weight is 265 g/mol. The maximum atomic E-state index is 11.5. The Kier molecular flexibility index (Phi) is 3.31. The highest BCUT2D eigenvalue weighted by Gasteiger charge is 2.36. The van der Waals surface area contributed by atoms with Gasteiger partial charge in [-0.05, 0) is 30.5 Å². The molecule has 2 nitrogen and oxygen atoms in total. The third kappa shape index (κ3) is 1.92. The number of fused-ring (bicyclic) bond motifs is 1. The third-order valence-electron chi connectivity index (χ3n) is 4.46. The third-order valence-corrected chi connectivity index (χ3v) is 4.46. The standard InChI is InChI=1S/C18H19NO/c1-13-16-10-6-7-11-17(16)18(14(2)19(13)12-20)15-8-4-3-5-9-15/h3-14,18H,1-2H3/t13-,14-,18-/m1/s1. The van der Waals surface area contributed by atoms with Gasteiger partial charge in [-0.1, -0.05) is 54.6 Å². The molecule has 1 heterocycles. The number of rotatable bonds is 2. The van der Waals surface area contributed by atoms with E-state index in [1.54, 1.807) is 0 Å². The number of carbonyl (C=O) groups excluding carboxylic acids is 1. The van der Waals surface area contributed by atoms with Gasteiger partial charge in [0.05, 0.1) is 6.04 Å². The lowest BCUT2D eigenvalue weighted by molar-refractivity contribution is -0.123. The van der Waals surface area contributed by atoms with Gasteiger partial charge in [0, 0.05) is 12.0 Å². The molecule has 1 aliphatic heterocycles. The summed E-state index contributed by atoms with van der Waals surface area (Å²) in [7, 11) is 0. The fourth-order valence-electron chi connectivity index (χ4n) is 3.43. The van der Waals surface area contributed by atoms with Crippen molar-refractivity contribution in [2.75, 3.05) is 0 Å². The molecule has 2 heteroatoms. The zero-order chi connectivity index (χ0) is 14.1. The maximum absolute atomic E-state index is 11.5. The predicted octanol–water partition coefficient (Wildman–Crippen LogP) is 3.74. The van der Waals surface area contributed by atoms with Gasteiger partial charge in [0.15, 0.2) is 0 Å². The van der Waals surface area contributed by atoms with Crippen molar-refractivity contribution in [1.82, 2.24) is 4.90 Å². The van der Waals surface area contributed by atoms with Crippen LogP contribution in [0.1, 0.15) is 42.5 Å². The Morgan fingerprint density at radius 1 is 0.900 bits per heavy atom. The highest BCUT2D eigenvalue weighted by molar-refractivity contribution is 5.54. The molecule has 2 aromatic carbocycles. The first-order valence-corrected chi connectivity index (χ1v) is 7.10. The minimum atomic E-state index is 0.138. The van der Waals surface area contributed by atoms with Gasteiger partial charge < -0.3 is 4.90 Å². The molecule has 0 saturated heterocycles. The van der Waals surface area contributed by atoms with E-state index in [1.165, 1.54) is 16.7 Å². The molecule has 0 spiro atoms. The number of hydrogen-bond donors (Lipinski definition) is 0. The summed E-state index contributed by atoms with van der Waals surface area (Å²) < 4.78 is 0. The predicted molar refractivity (Wildman–Crippen MR) is 80.5 cm³/mol. The van der Waals surface area contributed by atoms with E-state index in [1.807, 2.05) is 11.0 Å². The first-order chi connectivity index (χ1) is 9.74. The summed E-state index contributed by atoms with van der Waals surface area (Å²) in [4.78, 5) is 13.4. The Morgan fingerprint density at radius 3 is 2.15 bits per heavy atom. The lowest BCUT2D eigenvalue weighted by atomic mass is 9.77. The van der Waals surface area contributed by atoms with Crippen LogP contribution in [0.2, 0.25) is 0 Å². The molecule has 0 radical (unpaired) electrons. The molecule has 20 heavy (non-hydrogen) atoms.